The topological polar surface area (TPSA) is 57.5 Å². The first-order chi connectivity index (χ1) is 16.2. The van der Waals surface area contributed by atoms with Crippen LogP contribution in [-0.4, -0.2) is 75.8 Å². The summed E-state index contributed by atoms with van der Waals surface area (Å²) < 4.78 is 255. The van der Waals surface area contributed by atoms with Gasteiger partial charge in [-0.25, -0.2) is 9.18 Å². The van der Waals surface area contributed by atoms with Crippen LogP contribution in [0.1, 0.15) is 13.3 Å². The third-order valence-corrected chi connectivity index (χ3v) is 4.92. The minimum Gasteiger partial charge on any atom is -0.478 e. The molecule has 226 valence electrons. The molecule has 0 aromatic heterocycles. The molecule has 2 unspecified atom stereocenters. The Morgan fingerprint density at radius 2 is 0.921 bits per heavy atom. The molecule has 0 heterocycles. The van der Waals surface area contributed by atoms with E-state index >= 15 is 0 Å². The molecule has 0 saturated heterocycles. The minimum atomic E-state index is -9.17. The molecular weight excluding hydrogens is 601 g/mol. The van der Waals surface area contributed by atoms with Crippen LogP contribution >= 0.6 is 0 Å². The zero-order chi connectivity index (χ0) is 31.5. The number of aliphatic hydroxyl groups excluding tert-OH is 1. The molecule has 0 fully saturated rings. The van der Waals surface area contributed by atoms with E-state index in [1.807, 2.05) is 0 Å². The van der Waals surface area contributed by atoms with E-state index in [-0.39, 0.29) is 0 Å². The van der Waals surface area contributed by atoms with Gasteiger partial charge in [0.05, 0.1) is 12.0 Å². The predicted octanol–water partition coefficient (Wildman–Crippen LogP) is 6.66. The van der Waals surface area contributed by atoms with Gasteiger partial charge >= 0.3 is 59.5 Å². The zero-order valence-electron chi connectivity index (χ0n) is 17.6. The fraction of sp³-hybridized carbons (Fsp3) is 0.812. The van der Waals surface area contributed by atoms with Crippen molar-refractivity contribution in [3.63, 3.8) is 0 Å². The van der Waals surface area contributed by atoms with Crippen molar-refractivity contribution in [2.24, 2.45) is 5.92 Å². The van der Waals surface area contributed by atoms with Crippen LogP contribution < -0.4 is 0 Å². The van der Waals surface area contributed by atoms with Gasteiger partial charge in [-0.15, -0.1) is 0 Å². The third-order valence-electron chi connectivity index (χ3n) is 4.92. The SMILES string of the molecule is C=C(C(=O)O)C(CC(C)O)C(F)(F)C(F)(F)C(F)(F)C(F)(F)C(F)(F)C(F)(F)C(F)(C(F)(F)F)C(F)(F)F. The molecule has 22 heteroatoms. The number of aliphatic hydroxyl groups is 1. The number of carboxylic acid groups (broad SMARTS) is 1. The fourth-order valence-electron chi connectivity index (χ4n) is 2.75. The average molecular weight is 612 g/mol. The van der Waals surface area contributed by atoms with E-state index in [2.05, 4.69) is 6.58 Å². The molecule has 2 N–H and O–H groups in total. The lowest BCUT2D eigenvalue weighted by Crippen LogP contribution is -2.78. The van der Waals surface area contributed by atoms with Crippen LogP contribution in [0.25, 0.3) is 0 Å². The second kappa shape index (κ2) is 9.49. The molecule has 0 radical (unpaired) electrons. The van der Waals surface area contributed by atoms with Crippen LogP contribution in [0.5, 0.6) is 0 Å². The summed E-state index contributed by atoms with van der Waals surface area (Å²) in [7, 11) is 0. The molecular formula is C16H11F19O3. The monoisotopic (exact) mass is 612 g/mol. The highest BCUT2D eigenvalue weighted by Gasteiger charge is 2.98. The van der Waals surface area contributed by atoms with Crippen molar-refractivity contribution in [1.29, 1.82) is 0 Å². The van der Waals surface area contributed by atoms with Crippen molar-refractivity contribution in [3.05, 3.63) is 12.2 Å². The summed E-state index contributed by atoms with van der Waals surface area (Å²) in [5.41, 5.74) is -11.2. The molecule has 0 aliphatic carbocycles. The Labute approximate surface area is 196 Å². The van der Waals surface area contributed by atoms with Gasteiger partial charge in [0.1, 0.15) is 0 Å². The number of aliphatic carboxylic acids is 1. The van der Waals surface area contributed by atoms with Gasteiger partial charge in [0.25, 0.3) is 0 Å². The van der Waals surface area contributed by atoms with E-state index in [1.165, 1.54) is 0 Å². The van der Waals surface area contributed by atoms with Gasteiger partial charge < -0.3 is 10.2 Å². The number of halogens is 19. The Morgan fingerprint density at radius 3 is 1.18 bits per heavy atom. The Kier molecular flexibility index (Phi) is 8.95. The molecule has 0 aromatic carbocycles. The lowest BCUT2D eigenvalue weighted by atomic mass is 9.79. The summed E-state index contributed by atoms with van der Waals surface area (Å²) in [5.74, 6) is -58.5. The molecule has 0 rings (SSSR count). The Morgan fingerprint density at radius 1 is 0.632 bits per heavy atom. The average Bonchev–Trinajstić information content (AvgIpc) is 2.67. The van der Waals surface area contributed by atoms with Gasteiger partial charge in [-0.2, -0.15) is 79.0 Å². The largest absolute Gasteiger partial charge is 0.478 e. The van der Waals surface area contributed by atoms with Crippen molar-refractivity contribution in [2.75, 3.05) is 0 Å². The van der Waals surface area contributed by atoms with Gasteiger partial charge in [0.15, 0.2) is 0 Å². The first-order valence-electron chi connectivity index (χ1n) is 8.85. The van der Waals surface area contributed by atoms with Gasteiger partial charge in [0, 0.05) is 5.57 Å². The summed E-state index contributed by atoms with van der Waals surface area (Å²) in [6.07, 6.45) is -21.3. The second-order valence-electron chi connectivity index (χ2n) is 7.62. The smallest absolute Gasteiger partial charge is 0.438 e. The normalized spacial score (nSPS) is 17.3. The first kappa shape index (κ1) is 35.8. The predicted molar refractivity (Wildman–Crippen MR) is 82.2 cm³/mol. The molecule has 0 saturated carbocycles. The fourth-order valence-corrected chi connectivity index (χ4v) is 2.75. The summed E-state index contributed by atoms with van der Waals surface area (Å²) in [5, 5.41) is 17.6. The second-order valence-corrected chi connectivity index (χ2v) is 7.62. The number of hydrogen-bond acceptors (Lipinski definition) is 2. The molecule has 0 aliphatic rings. The van der Waals surface area contributed by atoms with Crippen LogP contribution in [0, 0.1) is 5.92 Å². The first-order valence-corrected chi connectivity index (χ1v) is 8.85. The van der Waals surface area contributed by atoms with Crippen LogP contribution in [0.15, 0.2) is 12.2 Å². The van der Waals surface area contributed by atoms with Gasteiger partial charge in [-0.3, -0.25) is 0 Å². The molecule has 2 atom stereocenters. The van der Waals surface area contributed by atoms with Gasteiger partial charge in [0.2, 0.25) is 0 Å². The van der Waals surface area contributed by atoms with E-state index in [9.17, 15) is 88.2 Å². The Balaban J connectivity index is 7.35. The van der Waals surface area contributed by atoms with Crippen molar-refractivity contribution in [1.82, 2.24) is 0 Å². The van der Waals surface area contributed by atoms with E-state index in [0.29, 0.717) is 6.92 Å². The van der Waals surface area contributed by atoms with E-state index in [1.54, 1.807) is 0 Å². The molecule has 38 heavy (non-hydrogen) atoms. The number of rotatable bonds is 11. The van der Waals surface area contributed by atoms with Crippen LogP contribution in [0.2, 0.25) is 0 Å². The molecule has 0 bridgehead atoms. The third kappa shape index (κ3) is 4.73. The maximum atomic E-state index is 14.3. The van der Waals surface area contributed by atoms with Crippen molar-refractivity contribution < 1.29 is 98.4 Å². The minimum absolute atomic E-state index is 0.354. The molecule has 0 spiro atoms. The van der Waals surface area contributed by atoms with Crippen LogP contribution in [0.3, 0.4) is 0 Å². The summed E-state index contributed by atoms with van der Waals surface area (Å²) in [4.78, 5) is 10.8. The van der Waals surface area contributed by atoms with Gasteiger partial charge in [-0.05, 0) is 13.3 Å². The summed E-state index contributed by atoms with van der Waals surface area (Å²) in [6, 6.07) is 0. The van der Waals surface area contributed by atoms with Crippen molar-refractivity contribution in [2.45, 2.75) is 73.0 Å². The number of carboxylic acids is 1. The highest BCUT2D eigenvalue weighted by molar-refractivity contribution is 5.86. The van der Waals surface area contributed by atoms with E-state index in [0.717, 1.165) is 0 Å². The van der Waals surface area contributed by atoms with E-state index < -0.39 is 83.5 Å². The number of carbonyl (C=O) groups is 1. The van der Waals surface area contributed by atoms with E-state index in [4.69, 9.17) is 10.2 Å². The molecule has 3 nitrogen and oxygen atoms in total. The van der Waals surface area contributed by atoms with Crippen LogP contribution in [-0.2, 0) is 4.79 Å². The van der Waals surface area contributed by atoms with Crippen LogP contribution in [0.4, 0.5) is 83.4 Å². The summed E-state index contributed by atoms with van der Waals surface area (Å²) in [6.45, 7) is 2.54. The maximum absolute atomic E-state index is 14.3. The van der Waals surface area contributed by atoms with Crippen molar-refractivity contribution in [3.8, 4) is 0 Å². The standard InChI is InChI=1S/C16H11F19O3/c1-4(36)3-6(5(2)7(37)38)8(17,18)10(20,21)12(24,25)14(28,29)13(26,27)11(22,23)9(19,15(30,31)32)16(33,34)35/h4,6,36H,2-3H2,1H3,(H,37,38). The number of hydrogen-bond donors (Lipinski definition) is 2. The molecule has 0 amide bonds. The lowest BCUT2D eigenvalue weighted by Gasteiger charge is -2.45. The highest BCUT2D eigenvalue weighted by atomic mass is 19.4. The van der Waals surface area contributed by atoms with Gasteiger partial charge in [-0.1, -0.05) is 6.58 Å². The lowest BCUT2D eigenvalue weighted by molar-refractivity contribution is -0.473. The Hall–Kier alpha value is -2.16. The maximum Gasteiger partial charge on any atom is 0.438 e. The zero-order valence-corrected chi connectivity index (χ0v) is 17.6. The quantitative estimate of drug-likeness (QED) is 0.203. The molecule has 0 aliphatic heterocycles. The number of alkyl halides is 19. The molecule has 0 aromatic rings. The highest BCUT2D eigenvalue weighted by Crippen LogP contribution is 2.66. The summed E-state index contributed by atoms with van der Waals surface area (Å²) >= 11 is 0. The van der Waals surface area contributed by atoms with Crippen molar-refractivity contribution >= 4 is 5.97 Å². The Bertz CT molecular complexity index is 885.